The molecule has 0 fully saturated rings. The van der Waals surface area contributed by atoms with Crippen molar-refractivity contribution < 1.29 is 87.8 Å². The topological polar surface area (TPSA) is 3.24 Å². The Bertz CT molecular complexity index is 4010. The predicted molar refractivity (Wildman–Crippen MR) is 247 cm³/mol. The van der Waals surface area contributed by atoms with Crippen LogP contribution in [0.5, 0.6) is 0 Å². The summed E-state index contributed by atoms with van der Waals surface area (Å²) in [6, 6.07) is 21.8. The fourth-order valence-corrected chi connectivity index (χ4v) is 10.3. The van der Waals surface area contributed by atoms with Crippen LogP contribution in [0.3, 0.4) is 0 Å². The molecular weight excluding hydrogens is 1060 g/mol. The molecule has 0 spiro atoms. The normalized spacial score (nSPS) is 12.1. The highest BCUT2D eigenvalue weighted by Crippen LogP contribution is 2.52. The van der Waals surface area contributed by atoms with Crippen LogP contribution in [0.1, 0.15) is 0 Å². The van der Waals surface area contributed by atoms with Gasteiger partial charge in [-0.2, -0.15) is 0 Å². The van der Waals surface area contributed by atoms with Crippen molar-refractivity contribution in [3.8, 4) is 11.1 Å². The Kier molecular flexibility index (Phi) is 11.9. The van der Waals surface area contributed by atoms with Gasteiger partial charge in [0.05, 0.1) is 11.4 Å². The quantitative estimate of drug-likeness (QED) is 0.0505. The molecule has 0 amide bonds. The van der Waals surface area contributed by atoms with Gasteiger partial charge in [-0.05, 0) is 62.8 Å². The lowest BCUT2D eigenvalue weighted by Crippen LogP contribution is -2.58. The molecule has 0 radical (unpaired) electrons. The van der Waals surface area contributed by atoms with Crippen molar-refractivity contribution in [1.82, 2.24) is 0 Å². The summed E-state index contributed by atoms with van der Waals surface area (Å²) in [6.07, 6.45) is 0. The molecule has 0 unspecified atom stereocenters. The monoisotopic (exact) mass is 1080 g/mol. The van der Waals surface area contributed by atoms with Gasteiger partial charge in [-0.1, -0.05) is 83.7 Å². The summed E-state index contributed by atoms with van der Waals surface area (Å²) in [5.41, 5.74) is -9.48. The number of hydrogen-bond donors (Lipinski definition) is 0. The second-order valence-corrected chi connectivity index (χ2v) is 17.5. The van der Waals surface area contributed by atoms with Gasteiger partial charge >= 0.3 is 0 Å². The molecule has 1 heterocycles. The van der Waals surface area contributed by atoms with Crippen molar-refractivity contribution in [2.24, 2.45) is 0 Å². The minimum atomic E-state index is -3.02. The second-order valence-electron chi connectivity index (χ2n) is 17.5. The average Bonchev–Trinajstić information content (AvgIpc) is 3.63. The third kappa shape index (κ3) is 7.13. The van der Waals surface area contributed by atoms with Crippen LogP contribution in [0.25, 0.3) is 43.4 Å². The molecule has 1 aliphatic rings. The first-order valence-corrected chi connectivity index (χ1v) is 22.1. The highest BCUT2D eigenvalue weighted by Gasteiger charge is 2.44. The van der Waals surface area contributed by atoms with Crippen LogP contribution in [0, 0.1) is 116 Å². The maximum absolute atomic E-state index is 16.1. The van der Waals surface area contributed by atoms with Gasteiger partial charge in [-0.15, -0.1) is 0 Å². The second kappa shape index (κ2) is 18.1. The van der Waals surface area contributed by atoms with Gasteiger partial charge in [0, 0.05) is 38.5 Å². The number of nitrogens with zero attached hydrogens (tertiary/aromatic N) is 1. The summed E-state index contributed by atoms with van der Waals surface area (Å²) in [6.45, 7) is -6.03. The first kappa shape index (κ1) is 50.7. The van der Waals surface area contributed by atoms with Gasteiger partial charge in [0.15, 0.2) is 116 Å². The summed E-state index contributed by atoms with van der Waals surface area (Å²) < 4.78 is 307. The molecule has 10 aromatic rings. The first-order chi connectivity index (χ1) is 36.6. The lowest BCUT2D eigenvalue weighted by Gasteiger charge is -2.35. The number of hydrogen-bond acceptors (Lipinski definition) is 1. The fourth-order valence-electron chi connectivity index (χ4n) is 10.3. The highest BCUT2D eigenvalue weighted by atomic mass is 19.2. The van der Waals surface area contributed by atoms with Crippen molar-refractivity contribution >= 4 is 95.6 Å². The van der Waals surface area contributed by atoms with E-state index in [-0.39, 0.29) is 60.5 Å². The molecule has 384 valence electrons. The van der Waals surface area contributed by atoms with Crippen molar-refractivity contribution in [3.63, 3.8) is 0 Å². The van der Waals surface area contributed by atoms with Gasteiger partial charge in [0.2, 0.25) is 0 Å². The van der Waals surface area contributed by atoms with Gasteiger partial charge in [0.1, 0.15) is 0 Å². The van der Waals surface area contributed by atoms with E-state index in [1.165, 1.54) is 77.7 Å². The van der Waals surface area contributed by atoms with Gasteiger partial charge in [0.25, 0.3) is 13.4 Å². The van der Waals surface area contributed by atoms with E-state index in [1.807, 2.05) is 0 Å². The van der Waals surface area contributed by atoms with E-state index in [2.05, 4.69) is 0 Å². The molecular formula is C54H17B2F20N. The van der Waals surface area contributed by atoms with Crippen LogP contribution in [0.2, 0.25) is 0 Å². The molecule has 0 saturated heterocycles. The molecule has 1 aliphatic heterocycles. The largest absolute Gasteiger partial charge is 0.309 e. The predicted octanol–water partition coefficient (Wildman–Crippen LogP) is 12.4. The van der Waals surface area contributed by atoms with E-state index in [9.17, 15) is 17.6 Å². The van der Waals surface area contributed by atoms with Crippen LogP contribution < -0.4 is 37.7 Å². The number of halogens is 20. The maximum Gasteiger partial charge on any atom is 0.257 e. The zero-order valence-corrected chi connectivity index (χ0v) is 37.5. The van der Waals surface area contributed by atoms with Crippen molar-refractivity contribution in [3.05, 3.63) is 219 Å². The molecule has 77 heavy (non-hydrogen) atoms. The molecule has 0 bridgehead atoms. The lowest BCUT2D eigenvalue weighted by atomic mass is 9.35. The van der Waals surface area contributed by atoms with Crippen molar-refractivity contribution in [2.75, 3.05) is 4.90 Å². The fraction of sp³-hybridized carbons (Fsp3) is 0. The molecule has 0 atom stereocenters. The van der Waals surface area contributed by atoms with Crippen molar-refractivity contribution in [1.29, 1.82) is 0 Å². The Morgan fingerprint density at radius 2 is 0.636 bits per heavy atom. The Balaban J connectivity index is 1.26. The highest BCUT2D eigenvalue weighted by molar-refractivity contribution is 6.97. The van der Waals surface area contributed by atoms with Crippen LogP contribution in [-0.4, -0.2) is 13.4 Å². The number of anilines is 3. The summed E-state index contributed by atoms with van der Waals surface area (Å²) >= 11 is 0. The molecule has 11 rings (SSSR count). The zero-order valence-electron chi connectivity index (χ0n) is 37.5. The van der Waals surface area contributed by atoms with E-state index >= 15 is 70.2 Å². The van der Waals surface area contributed by atoms with E-state index in [1.54, 1.807) is 0 Å². The minimum Gasteiger partial charge on any atom is -0.309 e. The van der Waals surface area contributed by atoms with Crippen LogP contribution in [0.15, 0.2) is 103 Å². The number of para-hydroxylation sites is 1. The standard InChI is InChI=1S/C54H17B2F20N/c57-35-31(36(58)44(66)51(73)43(35)65)55(32-37(59)45(67)52(74)46(68)38(32)60)18-13-14-22-26-16-24-20-9-4-5-10-21(20)27(17-25(24)23-11-6-12-28(30(23)26)77(29(22)15-18)19-7-2-1-3-8-19)56(33-39(61)47(69)53(75)48(70)40(33)62)34-41(63)49(71)54(76)50(72)42(34)64/h1-17H. The van der Waals surface area contributed by atoms with Gasteiger partial charge in [-0.3, -0.25) is 0 Å². The smallest absolute Gasteiger partial charge is 0.257 e. The van der Waals surface area contributed by atoms with E-state index < -0.39 is 163 Å². The Morgan fingerprint density at radius 1 is 0.260 bits per heavy atom. The summed E-state index contributed by atoms with van der Waals surface area (Å²) in [5, 5.41) is -0.226. The summed E-state index contributed by atoms with van der Waals surface area (Å²) in [4.78, 5) is 1.35. The Hall–Kier alpha value is -8.49. The number of benzene rings is 10. The summed E-state index contributed by atoms with van der Waals surface area (Å²) in [7, 11) is 0. The Morgan fingerprint density at radius 3 is 1.09 bits per heavy atom. The molecule has 0 aliphatic carbocycles. The maximum atomic E-state index is 16.1. The van der Waals surface area contributed by atoms with Crippen LogP contribution in [-0.2, 0) is 0 Å². The van der Waals surface area contributed by atoms with E-state index in [0.29, 0.717) is 0 Å². The lowest BCUT2D eigenvalue weighted by molar-refractivity contribution is 0.382. The molecule has 0 saturated carbocycles. The molecule has 1 nitrogen and oxygen atoms in total. The van der Waals surface area contributed by atoms with Gasteiger partial charge < -0.3 is 4.90 Å². The van der Waals surface area contributed by atoms with Gasteiger partial charge in [-0.25, -0.2) is 87.8 Å². The van der Waals surface area contributed by atoms with Crippen molar-refractivity contribution in [2.45, 2.75) is 0 Å². The molecule has 23 heteroatoms. The molecule has 0 aromatic heterocycles. The zero-order chi connectivity index (χ0) is 55.1. The van der Waals surface area contributed by atoms with Crippen LogP contribution in [0.4, 0.5) is 105 Å². The molecule has 10 aromatic carbocycles. The van der Waals surface area contributed by atoms with E-state index in [0.717, 1.165) is 30.3 Å². The summed E-state index contributed by atoms with van der Waals surface area (Å²) in [5.74, 6) is -53.7. The number of rotatable bonds is 7. The minimum absolute atomic E-state index is 0.0330. The SMILES string of the molecule is Fc1c(F)c(F)c(B(c2ccc3c(c2)N(c2ccccc2)c2cccc4c2c-3cc2c3ccccc3c(B(c3c(F)c(F)c(F)c(F)c3F)c3c(F)c(F)c(F)c(F)c3F)cc42)c2c(F)c(F)c(F)c(F)c2F)c(F)c1F. The number of fused-ring (bicyclic) bond motifs is 6. The van der Waals surface area contributed by atoms with Crippen LogP contribution >= 0.6 is 0 Å². The van der Waals surface area contributed by atoms with E-state index in [4.69, 9.17) is 0 Å². The molecule has 0 N–H and O–H groups in total. The first-order valence-electron chi connectivity index (χ1n) is 22.1. The third-order valence-electron chi connectivity index (χ3n) is 13.6. The third-order valence-corrected chi connectivity index (χ3v) is 13.6. The average molecular weight is 1080 g/mol. The Labute approximate surface area is 418 Å².